The minimum Gasteiger partial charge on any atom is -0.469 e. The molecule has 122 valence electrons. The monoisotopic (exact) mass is 318 g/mol. The van der Waals surface area contributed by atoms with Gasteiger partial charge in [-0.3, -0.25) is 4.79 Å². The van der Waals surface area contributed by atoms with Crippen LogP contribution in [0.5, 0.6) is 0 Å². The Kier molecular flexibility index (Phi) is 5.00. The SMILES string of the molecule is COC(=O)CC1=C(C(=O)OC)[C@H](c2ccccc2)NC(=O)N1C. The molecule has 0 saturated heterocycles. The van der Waals surface area contributed by atoms with Crippen LogP contribution in [0.1, 0.15) is 18.0 Å². The Morgan fingerprint density at radius 2 is 1.83 bits per heavy atom. The number of ether oxygens (including phenoxy) is 2. The van der Waals surface area contributed by atoms with Crippen LogP contribution in [0.2, 0.25) is 0 Å². The van der Waals surface area contributed by atoms with E-state index in [1.165, 1.54) is 26.2 Å². The quantitative estimate of drug-likeness (QED) is 0.848. The number of esters is 2. The molecule has 0 saturated carbocycles. The highest BCUT2D eigenvalue weighted by atomic mass is 16.5. The number of hydrogen-bond donors (Lipinski definition) is 1. The van der Waals surface area contributed by atoms with Crippen molar-refractivity contribution < 1.29 is 23.9 Å². The van der Waals surface area contributed by atoms with Crippen molar-refractivity contribution in [3.8, 4) is 0 Å². The topological polar surface area (TPSA) is 84.9 Å². The molecular weight excluding hydrogens is 300 g/mol. The Labute approximate surface area is 133 Å². The molecule has 7 heteroatoms. The molecule has 0 aromatic heterocycles. The average Bonchev–Trinajstić information content (AvgIpc) is 2.58. The summed E-state index contributed by atoms with van der Waals surface area (Å²) in [6.07, 6.45) is -0.200. The molecule has 1 heterocycles. The predicted molar refractivity (Wildman–Crippen MR) is 81.2 cm³/mol. The second-order valence-electron chi connectivity index (χ2n) is 4.96. The number of carbonyl (C=O) groups excluding carboxylic acids is 3. The van der Waals surface area contributed by atoms with Gasteiger partial charge in [-0.05, 0) is 5.56 Å². The molecule has 0 unspecified atom stereocenters. The molecule has 1 N–H and O–H groups in total. The zero-order chi connectivity index (χ0) is 17.0. The molecule has 0 bridgehead atoms. The van der Waals surface area contributed by atoms with Crippen LogP contribution in [0.3, 0.4) is 0 Å². The summed E-state index contributed by atoms with van der Waals surface area (Å²) in [5, 5.41) is 2.75. The lowest BCUT2D eigenvalue weighted by Crippen LogP contribution is -2.47. The van der Waals surface area contributed by atoms with Gasteiger partial charge in [-0.2, -0.15) is 0 Å². The third-order valence-electron chi connectivity index (χ3n) is 3.65. The van der Waals surface area contributed by atoms with Crippen molar-refractivity contribution in [2.45, 2.75) is 12.5 Å². The Morgan fingerprint density at radius 1 is 1.17 bits per heavy atom. The van der Waals surface area contributed by atoms with Gasteiger partial charge >= 0.3 is 18.0 Å². The number of benzene rings is 1. The first kappa shape index (κ1) is 16.5. The second-order valence-corrected chi connectivity index (χ2v) is 4.96. The first-order chi connectivity index (χ1) is 11.0. The molecule has 2 rings (SSSR count). The van der Waals surface area contributed by atoms with E-state index < -0.39 is 24.0 Å². The van der Waals surface area contributed by atoms with E-state index in [0.29, 0.717) is 0 Å². The minimum atomic E-state index is -0.688. The maximum atomic E-state index is 12.3. The van der Waals surface area contributed by atoms with Crippen molar-refractivity contribution in [3.05, 3.63) is 47.2 Å². The van der Waals surface area contributed by atoms with Gasteiger partial charge in [0.05, 0.1) is 32.3 Å². The van der Waals surface area contributed by atoms with E-state index in [9.17, 15) is 14.4 Å². The molecule has 1 aliphatic heterocycles. The van der Waals surface area contributed by atoms with Gasteiger partial charge in [0.25, 0.3) is 0 Å². The second kappa shape index (κ2) is 6.95. The van der Waals surface area contributed by atoms with Crippen molar-refractivity contribution in [2.75, 3.05) is 21.3 Å². The van der Waals surface area contributed by atoms with Crippen LogP contribution >= 0.6 is 0 Å². The zero-order valence-electron chi connectivity index (χ0n) is 13.2. The van der Waals surface area contributed by atoms with Crippen LogP contribution in [0.25, 0.3) is 0 Å². The highest BCUT2D eigenvalue weighted by molar-refractivity contribution is 5.96. The van der Waals surface area contributed by atoms with Gasteiger partial charge in [-0.1, -0.05) is 30.3 Å². The van der Waals surface area contributed by atoms with E-state index in [0.717, 1.165) is 5.56 Å². The summed E-state index contributed by atoms with van der Waals surface area (Å²) >= 11 is 0. The van der Waals surface area contributed by atoms with Crippen molar-refractivity contribution in [3.63, 3.8) is 0 Å². The van der Waals surface area contributed by atoms with Gasteiger partial charge in [-0.15, -0.1) is 0 Å². The standard InChI is InChI=1S/C16H18N2O5/c1-18-11(9-12(19)22-2)13(15(20)23-3)14(17-16(18)21)10-7-5-4-6-8-10/h4-8,14H,9H2,1-3H3,(H,17,21)/t14-/m0/s1. The maximum absolute atomic E-state index is 12.3. The first-order valence-corrected chi connectivity index (χ1v) is 6.97. The molecule has 0 spiro atoms. The summed E-state index contributed by atoms with van der Waals surface area (Å²) in [5.41, 5.74) is 1.20. The number of urea groups is 1. The summed E-state index contributed by atoms with van der Waals surface area (Å²) in [7, 11) is 3.99. The number of methoxy groups -OCH3 is 2. The molecule has 23 heavy (non-hydrogen) atoms. The number of carbonyl (C=O) groups is 3. The Balaban J connectivity index is 2.58. The smallest absolute Gasteiger partial charge is 0.338 e. The zero-order valence-corrected chi connectivity index (χ0v) is 13.2. The number of nitrogens with one attached hydrogen (secondary N) is 1. The van der Waals surface area contributed by atoms with Gasteiger partial charge in [-0.25, -0.2) is 9.59 Å². The van der Waals surface area contributed by atoms with Crippen molar-refractivity contribution in [1.29, 1.82) is 0 Å². The average molecular weight is 318 g/mol. The van der Waals surface area contributed by atoms with E-state index in [1.807, 2.05) is 6.07 Å². The predicted octanol–water partition coefficient (Wildman–Crippen LogP) is 1.37. The third kappa shape index (κ3) is 3.33. The van der Waals surface area contributed by atoms with Gasteiger partial charge in [0, 0.05) is 12.7 Å². The molecule has 0 aliphatic carbocycles. The van der Waals surface area contributed by atoms with Gasteiger partial charge in [0.2, 0.25) is 0 Å². The molecule has 0 fully saturated rings. The number of amides is 2. The summed E-state index contributed by atoms with van der Waals surface area (Å²) in [5.74, 6) is -1.15. The maximum Gasteiger partial charge on any atom is 0.338 e. The fourth-order valence-electron chi connectivity index (χ4n) is 2.43. The van der Waals surface area contributed by atoms with Crippen LogP contribution < -0.4 is 5.32 Å². The van der Waals surface area contributed by atoms with Crippen LogP contribution in [-0.2, 0) is 19.1 Å². The minimum absolute atomic E-state index is 0.200. The van der Waals surface area contributed by atoms with Crippen LogP contribution in [0.4, 0.5) is 4.79 Å². The molecule has 1 atom stereocenters. The van der Waals surface area contributed by atoms with Crippen LogP contribution in [-0.4, -0.2) is 44.1 Å². The van der Waals surface area contributed by atoms with E-state index in [4.69, 9.17) is 4.74 Å². The molecule has 7 nitrogen and oxygen atoms in total. The largest absolute Gasteiger partial charge is 0.469 e. The van der Waals surface area contributed by atoms with Gasteiger partial charge < -0.3 is 19.7 Å². The molecular formula is C16H18N2O5. The lowest BCUT2D eigenvalue weighted by molar-refractivity contribution is -0.140. The normalized spacial score (nSPS) is 17.6. The molecule has 2 amide bonds. The summed E-state index contributed by atoms with van der Waals surface area (Å²) < 4.78 is 9.50. The van der Waals surface area contributed by atoms with Crippen molar-refractivity contribution in [1.82, 2.24) is 10.2 Å². The molecule has 1 aliphatic rings. The highest BCUT2D eigenvalue weighted by Crippen LogP contribution is 2.32. The highest BCUT2D eigenvalue weighted by Gasteiger charge is 2.37. The van der Waals surface area contributed by atoms with Crippen LogP contribution in [0, 0.1) is 0 Å². The van der Waals surface area contributed by atoms with Crippen molar-refractivity contribution >= 4 is 18.0 Å². The Bertz CT molecular complexity index is 654. The third-order valence-corrected chi connectivity index (χ3v) is 3.65. The van der Waals surface area contributed by atoms with E-state index in [2.05, 4.69) is 10.1 Å². The van der Waals surface area contributed by atoms with Crippen molar-refractivity contribution in [2.24, 2.45) is 0 Å². The molecule has 0 radical (unpaired) electrons. The Hall–Kier alpha value is -2.83. The van der Waals surface area contributed by atoms with Gasteiger partial charge in [0.1, 0.15) is 0 Å². The number of hydrogen-bond acceptors (Lipinski definition) is 5. The lowest BCUT2D eigenvalue weighted by atomic mass is 9.93. The fourth-order valence-corrected chi connectivity index (χ4v) is 2.43. The van der Waals surface area contributed by atoms with Gasteiger partial charge in [0.15, 0.2) is 0 Å². The summed E-state index contributed by atoms with van der Waals surface area (Å²) in [4.78, 5) is 37.4. The fraction of sp³-hybridized carbons (Fsp3) is 0.312. The lowest BCUT2D eigenvalue weighted by Gasteiger charge is -2.34. The summed E-state index contributed by atoms with van der Waals surface area (Å²) in [6, 6.07) is 7.90. The number of nitrogens with zero attached hydrogens (tertiary/aromatic N) is 1. The molecule has 1 aromatic carbocycles. The summed E-state index contributed by atoms with van der Waals surface area (Å²) in [6.45, 7) is 0. The Morgan fingerprint density at radius 3 is 2.39 bits per heavy atom. The van der Waals surface area contributed by atoms with E-state index >= 15 is 0 Å². The van der Waals surface area contributed by atoms with Crippen LogP contribution in [0.15, 0.2) is 41.6 Å². The molecule has 1 aromatic rings. The van der Waals surface area contributed by atoms with E-state index in [-0.39, 0.29) is 17.7 Å². The first-order valence-electron chi connectivity index (χ1n) is 6.97. The number of rotatable bonds is 4. The van der Waals surface area contributed by atoms with E-state index in [1.54, 1.807) is 24.3 Å².